The molecular weight excluding hydrogens is 404 g/mol. The number of rotatable bonds is 4. The minimum Gasteiger partial charge on any atom is -0.466 e. The first-order valence-corrected chi connectivity index (χ1v) is 7.47. The van der Waals surface area contributed by atoms with Crippen molar-refractivity contribution in [2.45, 2.75) is 18.7 Å². The number of carbonyl (C=O) groups is 1. The lowest BCUT2D eigenvalue weighted by Gasteiger charge is -2.08. The van der Waals surface area contributed by atoms with Gasteiger partial charge in [-0.05, 0) is 56.0 Å². The first-order valence-electron chi connectivity index (χ1n) is 4.76. The lowest BCUT2D eigenvalue weighted by molar-refractivity contribution is -0.142. The smallest absolute Gasteiger partial charge is 0.310 e. The van der Waals surface area contributed by atoms with Gasteiger partial charge in [-0.2, -0.15) is 0 Å². The maximum Gasteiger partial charge on any atom is 0.310 e. The fourth-order valence-electron chi connectivity index (χ4n) is 1.28. The Hall–Kier alpha value is 0.130. The van der Waals surface area contributed by atoms with Crippen molar-refractivity contribution in [3.63, 3.8) is 0 Å². The molecule has 0 amide bonds. The van der Waals surface area contributed by atoms with Crippen LogP contribution in [0, 0.1) is 0 Å². The third kappa shape index (κ3) is 3.86. The highest BCUT2D eigenvalue weighted by atomic mass is 79.9. The Balaban J connectivity index is 2.94. The van der Waals surface area contributed by atoms with Gasteiger partial charge in [-0.15, -0.1) is 0 Å². The van der Waals surface area contributed by atoms with Crippen LogP contribution in [0.5, 0.6) is 0 Å². The summed E-state index contributed by atoms with van der Waals surface area (Å²) in [5.41, 5.74) is 2.05. The molecule has 88 valence electrons. The Morgan fingerprint density at radius 3 is 2.62 bits per heavy atom. The van der Waals surface area contributed by atoms with E-state index in [9.17, 15) is 4.79 Å². The average molecular weight is 415 g/mol. The number of benzene rings is 1. The van der Waals surface area contributed by atoms with Gasteiger partial charge >= 0.3 is 5.97 Å². The van der Waals surface area contributed by atoms with Gasteiger partial charge < -0.3 is 4.74 Å². The Morgan fingerprint density at radius 2 is 2.06 bits per heavy atom. The van der Waals surface area contributed by atoms with Crippen LogP contribution < -0.4 is 0 Å². The van der Waals surface area contributed by atoms with Crippen molar-refractivity contribution in [1.29, 1.82) is 0 Å². The molecule has 0 unspecified atom stereocenters. The SMILES string of the molecule is CCOC(=O)Cc1cc(CBr)cc(Br)c1Br. The maximum atomic E-state index is 11.4. The van der Waals surface area contributed by atoms with E-state index in [0.717, 1.165) is 25.4 Å². The van der Waals surface area contributed by atoms with Gasteiger partial charge in [0.2, 0.25) is 0 Å². The van der Waals surface area contributed by atoms with Gasteiger partial charge in [0.1, 0.15) is 0 Å². The normalized spacial score (nSPS) is 10.2. The second-order valence-electron chi connectivity index (χ2n) is 3.17. The van der Waals surface area contributed by atoms with E-state index < -0.39 is 0 Å². The van der Waals surface area contributed by atoms with Crippen molar-refractivity contribution in [3.8, 4) is 0 Å². The molecule has 16 heavy (non-hydrogen) atoms. The molecule has 0 bridgehead atoms. The highest BCUT2D eigenvalue weighted by Crippen LogP contribution is 2.29. The van der Waals surface area contributed by atoms with E-state index in [2.05, 4.69) is 47.8 Å². The van der Waals surface area contributed by atoms with Crippen molar-refractivity contribution in [1.82, 2.24) is 0 Å². The largest absolute Gasteiger partial charge is 0.466 e. The lowest BCUT2D eigenvalue weighted by Crippen LogP contribution is -2.08. The molecule has 0 aromatic heterocycles. The minimum absolute atomic E-state index is 0.207. The second-order valence-corrected chi connectivity index (χ2v) is 5.37. The Kier molecular flexibility index (Phi) is 6.00. The summed E-state index contributed by atoms with van der Waals surface area (Å²) in [6.07, 6.45) is 0.286. The molecule has 0 heterocycles. The molecule has 0 atom stereocenters. The standard InChI is InChI=1S/C11H11Br3O2/c1-2-16-10(15)5-8-3-7(6-12)4-9(13)11(8)14/h3-4H,2,5-6H2,1H3. The van der Waals surface area contributed by atoms with Gasteiger partial charge in [0.25, 0.3) is 0 Å². The van der Waals surface area contributed by atoms with Crippen LogP contribution in [0.25, 0.3) is 0 Å². The summed E-state index contributed by atoms with van der Waals surface area (Å²) in [6.45, 7) is 2.22. The molecule has 0 N–H and O–H groups in total. The summed E-state index contributed by atoms with van der Waals surface area (Å²) in [6, 6.07) is 3.99. The second kappa shape index (κ2) is 6.77. The van der Waals surface area contributed by atoms with Crippen LogP contribution in [0.2, 0.25) is 0 Å². The fourth-order valence-corrected chi connectivity index (χ4v) is 2.52. The maximum absolute atomic E-state index is 11.4. The van der Waals surface area contributed by atoms with Crippen LogP contribution in [0.15, 0.2) is 21.1 Å². The fraction of sp³-hybridized carbons (Fsp3) is 0.364. The van der Waals surface area contributed by atoms with Crippen LogP contribution in [0.4, 0.5) is 0 Å². The Morgan fingerprint density at radius 1 is 1.38 bits per heavy atom. The molecule has 0 saturated heterocycles. The van der Waals surface area contributed by atoms with E-state index in [-0.39, 0.29) is 12.4 Å². The van der Waals surface area contributed by atoms with Crippen LogP contribution in [-0.2, 0) is 21.3 Å². The van der Waals surface area contributed by atoms with Gasteiger partial charge in [0, 0.05) is 14.3 Å². The predicted molar refractivity (Wildman–Crippen MR) is 74.8 cm³/mol. The molecule has 0 aliphatic rings. The zero-order valence-corrected chi connectivity index (χ0v) is 13.5. The number of hydrogen-bond acceptors (Lipinski definition) is 2. The third-order valence-corrected chi connectivity index (χ3v) is 4.70. The molecule has 0 spiro atoms. The van der Waals surface area contributed by atoms with E-state index in [4.69, 9.17) is 4.74 Å². The van der Waals surface area contributed by atoms with Crippen LogP contribution in [-0.4, -0.2) is 12.6 Å². The van der Waals surface area contributed by atoms with Gasteiger partial charge in [-0.3, -0.25) is 4.79 Å². The highest BCUT2D eigenvalue weighted by molar-refractivity contribution is 9.13. The summed E-state index contributed by atoms with van der Waals surface area (Å²) in [7, 11) is 0. The van der Waals surface area contributed by atoms with Gasteiger partial charge in [0.15, 0.2) is 0 Å². The molecule has 5 heteroatoms. The van der Waals surface area contributed by atoms with Gasteiger partial charge in [-0.25, -0.2) is 0 Å². The highest BCUT2D eigenvalue weighted by Gasteiger charge is 2.11. The quantitative estimate of drug-likeness (QED) is 0.545. The van der Waals surface area contributed by atoms with Gasteiger partial charge in [0.05, 0.1) is 13.0 Å². The first-order chi connectivity index (χ1) is 7.58. The van der Waals surface area contributed by atoms with Crippen LogP contribution >= 0.6 is 47.8 Å². The molecule has 0 fully saturated rings. The predicted octanol–water partition coefficient (Wildman–Crippen LogP) is 4.21. The Labute approximate surface area is 120 Å². The molecule has 0 saturated carbocycles. The lowest BCUT2D eigenvalue weighted by atomic mass is 10.1. The number of carbonyl (C=O) groups excluding carboxylic acids is 1. The van der Waals surface area contributed by atoms with E-state index in [1.54, 1.807) is 6.92 Å². The van der Waals surface area contributed by atoms with Crippen LogP contribution in [0.1, 0.15) is 18.1 Å². The molecule has 1 aromatic carbocycles. The number of alkyl halides is 1. The summed E-state index contributed by atoms with van der Waals surface area (Å²) in [5.74, 6) is -0.207. The summed E-state index contributed by atoms with van der Waals surface area (Å²) in [4.78, 5) is 11.4. The van der Waals surface area contributed by atoms with Crippen molar-refractivity contribution in [2.24, 2.45) is 0 Å². The van der Waals surface area contributed by atoms with Crippen molar-refractivity contribution < 1.29 is 9.53 Å². The average Bonchev–Trinajstić information content (AvgIpc) is 2.24. The van der Waals surface area contributed by atoms with Crippen molar-refractivity contribution in [3.05, 3.63) is 32.2 Å². The third-order valence-electron chi connectivity index (χ3n) is 1.96. The van der Waals surface area contributed by atoms with Crippen molar-refractivity contribution in [2.75, 3.05) is 6.61 Å². The molecule has 1 aromatic rings. The summed E-state index contributed by atoms with van der Waals surface area (Å²) >= 11 is 10.3. The molecule has 0 radical (unpaired) electrons. The number of hydrogen-bond donors (Lipinski definition) is 0. The van der Waals surface area contributed by atoms with Crippen molar-refractivity contribution >= 4 is 53.8 Å². The monoisotopic (exact) mass is 412 g/mol. The van der Waals surface area contributed by atoms with E-state index >= 15 is 0 Å². The van der Waals surface area contributed by atoms with E-state index in [1.807, 2.05) is 12.1 Å². The Bertz CT molecular complexity index is 391. The summed E-state index contributed by atoms with van der Waals surface area (Å²) < 4.78 is 6.78. The number of halogens is 3. The first kappa shape index (κ1) is 14.2. The zero-order valence-electron chi connectivity index (χ0n) is 8.73. The summed E-state index contributed by atoms with van der Waals surface area (Å²) in [5, 5.41) is 0.759. The van der Waals surface area contributed by atoms with E-state index in [0.29, 0.717) is 6.61 Å². The van der Waals surface area contributed by atoms with Gasteiger partial charge in [-0.1, -0.05) is 22.0 Å². The molecule has 2 nitrogen and oxygen atoms in total. The minimum atomic E-state index is -0.207. The number of ether oxygens (including phenoxy) is 1. The zero-order chi connectivity index (χ0) is 12.1. The topological polar surface area (TPSA) is 26.3 Å². The van der Waals surface area contributed by atoms with E-state index in [1.165, 1.54) is 0 Å². The number of esters is 1. The molecule has 0 aliphatic carbocycles. The molecular formula is C11H11Br3O2. The van der Waals surface area contributed by atoms with Crippen LogP contribution in [0.3, 0.4) is 0 Å². The molecule has 0 aliphatic heterocycles. The molecule has 1 rings (SSSR count).